The van der Waals surface area contributed by atoms with Crippen LogP contribution in [0.5, 0.6) is 5.75 Å². The Morgan fingerprint density at radius 3 is 2.59 bits per heavy atom. The van der Waals surface area contributed by atoms with Gasteiger partial charge in [-0.3, -0.25) is 14.7 Å². The molecule has 1 aliphatic heterocycles. The first-order valence-corrected chi connectivity index (χ1v) is 13.2. The summed E-state index contributed by atoms with van der Waals surface area (Å²) < 4.78 is 7.49. The first kappa shape index (κ1) is 27.8. The molecule has 4 heterocycles. The van der Waals surface area contributed by atoms with E-state index in [-0.39, 0.29) is 17.1 Å². The molecule has 0 spiro atoms. The lowest BCUT2D eigenvalue weighted by molar-refractivity contribution is -0.384. The molecule has 0 radical (unpaired) electrons. The lowest BCUT2D eigenvalue weighted by Gasteiger charge is -2.23. The van der Waals surface area contributed by atoms with Crippen molar-refractivity contribution in [2.45, 2.75) is 19.3 Å². The van der Waals surface area contributed by atoms with Crippen molar-refractivity contribution in [2.24, 2.45) is 0 Å². The lowest BCUT2D eigenvalue weighted by Crippen LogP contribution is -2.29. The molecule has 41 heavy (non-hydrogen) atoms. The fraction of sp³-hybridized carbons (Fsp3) is 0.357. The summed E-state index contributed by atoms with van der Waals surface area (Å²) in [6.45, 7) is 6.33. The SMILES string of the molecule is COc1cc(N(C)CCN(C)C)c([N+](=O)[O-])cc1Nc1nccc(N2CC(C)(C)c3nc(-n4ccnc4)ccc32)n1. The third-order valence-electron chi connectivity index (χ3n) is 7.06. The minimum Gasteiger partial charge on any atom is -0.494 e. The molecular formula is C28H34N10O3. The van der Waals surface area contributed by atoms with Crippen LogP contribution in [-0.2, 0) is 5.41 Å². The Labute approximate surface area is 238 Å². The van der Waals surface area contributed by atoms with Crippen molar-refractivity contribution in [2.75, 3.05) is 63.0 Å². The summed E-state index contributed by atoms with van der Waals surface area (Å²) in [4.78, 5) is 35.8. The Bertz CT molecular complexity index is 1550. The fourth-order valence-corrected chi connectivity index (χ4v) is 4.88. The predicted octanol–water partition coefficient (Wildman–Crippen LogP) is 4.14. The summed E-state index contributed by atoms with van der Waals surface area (Å²) in [5, 5.41) is 15.2. The Morgan fingerprint density at radius 1 is 1.10 bits per heavy atom. The molecule has 0 saturated heterocycles. The first-order chi connectivity index (χ1) is 19.6. The van der Waals surface area contributed by atoms with Crippen LogP contribution in [0.15, 0.2) is 55.2 Å². The zero-order valence-corrected chi connectivity index (χ0v) is 24.1. The topological polar surface area (TPSA) is 131 Å². The molecule has 13 heteroatoms. The number of benzene rings is 1. The van der Waals surface area contributed by atoms with Crippen LogP contribution >= 0.6 is 0 Å². The quantitative estimate of drug-likeness (QED) is 0.222. The maximum Gasteiger partial charge on any atom is 0.294 e. The highest BCUT2D eigenvalue weighted by atomic mass is 16.6. The predicted molar refractivity (Wildman–Crippen MR) is 158 cm³/mol. The molecular weight excluding hydrogens is 524 g/mol. The van der Waals surface area contributed by atoms with E-state index in [2.05, 4.69) is 34.0 Å². The van der Waals surface area contributed by atoms with Gasteiger partial charge in [0.15, 0.2) is 0 Å². The molecule has 0 atom stereocenters. The van der Waals surface area contributed by atoms with E-state index in [0.717, 1.165) is 23.7 Å². The maximum absolute atomic E-state index is 12.0. The van der Waals surface area contributed by atoms with Gasteiger partial charge >= 0.3 is 0 Å². The van der Waals surface area contributed by atoms with Crippen LogP contribution in [0.2, 0.25) is 0 Å². The number of imidazole rings is 1. The molecule has 0 bridgehead atoms. The van der Waals surface area contributed by atoms with E-state index in [1.165, 1.54) is 13.2 Å². The number of anilines is 5. The van der Waals surface area contributed by atoms with Crippen molar-refractivity contribution in [3.63, 3.8) is 0 Å². The van der Waals surface area contributed by atoms with Gasteiger partial charge in [0, 0.05) is 62.8 Å². The third kappa shape index (κ3) is 5.61. The van der Waals surface area contributed by atoms with Gasteiger partial charge in [0.05, 0.1) is 29.1 Å². The van der Waals surface area contributed by atoms with E-state index in [4.69, 9.17) is 14.7 Å². The van der Waals surface area contributed by atoms with Gasteiger partial charge in [0.1, 0.15) is 29.4 Å². The summed E-state index contributed by atoms with van der Waals surface area (Å²) in [6.07, 6.45) is 6.98. The molecule has 1 aliphatic rings. The average molecular weight is 559 g/mol. The number of nitro benzene ring substituents is 1. The van der Waals surface area contributed by atoms with E-state index in [1.54, 1.807) is 24.8 Å². The molecule has 0 saturated carbocycles. The van der Waals surface area contributed by atoms with Crippen LogP contribution in [-0.4, -0.2) is 82.2 Å². The Balaban J connectivity index is 1.45. The highest BCUT2D eigenvalue weighted by Crippen LogP contribution is 2.43. The number of nitrogens with one attached hydrogen (secondary N) is 1. The minimum absolute atomic E-state index is 0.0410. The molecule has 3 aromatic heterocycles. The largest absolute Gasteiger partial charge is 0.494 e. The van der Waals surface area contributed by atoms with E-state index in [1.807, 2.05) is 59.9 Å². The van der Waals surface area contributed by atoms with Gasteiger partial charge in [-0.25, -0.2) is 15.0 Å². The van der Waals surface area contributed by atoms with Crippen molar-refractivity contribution in [1.82, 2.24) is 29.4 Å². The van der Waals surface area contributed by atoms with Gasteiger partial charge < -0.3 is 24.8 Å². The molecule has 1 N–H and O–H groups in total. The summed E-state index contributed by atoms with van der Waals surface area (Å²) in [7, 11) is 7.27. The number of aromatic nitrogens is 5. The van der Waals surface area contributed by atoms with E-state index < -0.39 is 4.92 Å². The standard InChI is InChI=1S/C28H34N10O3/c1-28(2)17-37(20-7-8-24(32-26(20)28)36-12-11-29-18-36)25-9-10-30-27(33-25)31-19-15-22(38(39)40)21(16-23(19)41-6)35(5)14-13-34(3)4/h7-12,15-16,18H,13-14,17H2,1-6H3,(H,30,31,33). The zero-order chi connectivity index (χ0) is 29.3. The van der Waals surface area contributed by atoms with Gasteiger partial charge in [-0.05, 0) is 32.3 Å². The molecule has 1 aromatic carbocycles. The van der Waals surface area contributed by atoms with Crippen molar-refractivity contribution in [3.8, 4) is 11.6 Å². The molecule has 0 unspecified atom stereocenters. The lowest BCUT2D eigenvalue weighted by atomic mass is 9.91. The second kappa shape index (κ2) is 11.0. The normalized spacial score (nSPS) is 13.8. The number of hydrogen-bond donors (Lipinski definition) is 1. The number of rotatable bonds is 10. The maximum atomic E-state index is 12.0. The fourth-order valence-electron chi connectivity index (χ4n) is 4.88. The highest BCUT2D eigenvalue weighted by Gasteiger charge is 2.38. The smallest absolute Gasteiger partial charge is 0.294 e. The number of pyridine rings is 1. The van der Waals surface area contributed by atoms with E-state index in [9.17, 15) is 10.1 Å². The van der Waals surface area contributed by atoms with Gasteiger partial charge in [-0.1, -0.05) is 13.8 Å². The number of nitrogens with zero attached hydrogens (tertiary/aromatic N) is 9. The van der Waals surface area contributed by atoms with Crippen molar-refractivity contribution in [3.05, 3.63) is 71.1 Å². The number of fused-ring (bicyclic) bond motifs is 1. The molecule has 13 nitrogen and oxygen atoms in total. The number of nitro groups is 1. The number of methoxy groups -OCH3 is 1. The molecule has 0 aliphatic carbocycles. The van der Waals surface area contributed by atoms with E-state index >= 15 is 0 Å². The minimum atomic E-state index is -0.391. The van der Waals surface area contributed by atoms with Crippen molar-refractivity contribution < 1.29 is 9.66 Å². The average Bonchev–Trinajstić information content (AvgIpc) is 3.58. The van der Waals surface area contributed by atoms with Crippen LogP contribution in [0.4, 0.5) is 34.5 Å². The van der Waals surface area contributed by atoms with Crippen molar-refractivity contribution in [1.29, 1.82) is 0 Å². The molecule has 4 aromatic rings. The van der Waals surface area contributed by atoms with Crippen LogP contribution in [0.1, 0.15) is 19.5 Å². The number of likely N-dealkylation sites (N-methyl/N-ethyl adjacent to an activating group) is 2. The Kier molecular flexibility index (Phi) is 7.45. The van der Waals surface area contributed by atoms with Gasteiger partial charge in [-0.15, -0.1) is 0 Å². The molecule has 214 valence electrons. The Morgan fingerprint density at radius 2 is 1.90 bits per heavy atom. The highest BCUT2D eigenvalue weighted by molar-refractivity contribution is 5.77. The summed E-state index contributed by atoms with van der Waals surface area (Å²) in [5.41, 5.74) is 2.51. The summed E-state index contributed by atoms with van der Waals surface area (Å²) in [6, 6.07) is 8.97. The second-order valence-electron chi connectivity index (χ2n) is 10.9. The first-order valence-electron chi connectivity index (χ1n) is 13.2. The van der Waals surface area contributed by atoms with Gasteiger partial charge in [0.25, 0.3) is 5.69 Å². The zero-order valence-electron chi connectivity index (χ0n) is 24.1. The second-order valence-corrected chi connectivity index (χ2v) is 10.9. The summed E-state index contributed by atoms with van der Waals surface area (Å²) >= 11 is 0. The van der Waals surface area contributed by atoms with Gasteiger partial charge in [0.2, 0.25) is 5.95 Å². The van der Waals surface area contributed by atoms with E-state index in [0.29, 0.717) is 36.0 Å². The third-order valence-corrected chi connectivity index (χ3v) is 7.06. The Hall–Kier alpha value is -4.78. The van der Waals surface area contributed by atoms with Crippen LogP contribution in [0, 0.1) is 10.1 Å². The van der Waals surface area contributed by atoms with Crippen molar-refractivity contribution >= 4 is 34.5 Å². The monoisotopic (exact) mass is 558 g/mol. The molecule has 0 fully saturated rings. The number of hydrogen-bond acceptors (Lipinski definition) is 11. The van der Waals surface area contributed by atoms with Gasteiger partial charge in [-0.2, -0.15) is 4.98 Å². The van der Waals surface area contributed by atoms with Crippen LogP contribution < -0.4 is 19.9 Å². The van der Waals surface area contributed by atoms with Crippen LogP contribution in [0.25, 0.3) is 5.82 Å². The summed E-state index contributed by atoms with van der Waals surface area (Å²) in [5.74, 6) is 2.21. The van der Waals surface area contributed by atoms with Crippen LogP contribution in [0.3, 0.4) is 0 Å². The molecule has 5 rings (SSSR count). The molecule has 0 amide bonds. The number of ether oxygens (including phenoxy) is 1.